The van der Waals surface area contributed by atoms with Crippen LogP contribution < -0.4 is 10.6 Å². The van der Waals surface area contributed by atoms with Crippen molar-refractivity contribution in [1.29, 1.82) is 0 Å². The zero-order valence-corrected chi connectivity index (χ0v) is 14.3. The van der Waals surface area contributed by atoms with Crippen LogP contribution in [0.3, 0.4) is 0 Å². The SMILES string of the molecule is C=C1CC(c2ccc3c(c2)CN(C2CCC(=O)NC2=O)C3=C)CCN1. The summed E-state index contributed by atoms with van der Waals surface area (Å²) in [6.45, 7) is 9.90. The Morgan fingerprint density at radius 3 is 2.76 bits per heavy atom. The number of carbonyl (C=O) groups excluding carboxylic acids is 2. The average molecular weight is 337 g/mol. The molecule has 2 saturated heterocycles. The second kappa shape index (κ2) is 6.06. The van der Waals surface area contributed by atoms with E-state index in [1.807, 2.05) is 4.90 Å². The van der Waals surface area contributed by atoms with E-state index in [0.29, 0.717) is 25.3 Å². The fourth-order valence-electron chi connectivity index (χ4n) is 4.17. The Kier molecular flexibility index (Phi) is 3.86. The highest BCUT2D eigenvalue weighted by atomic mass is 16.2. The fourth-order valence-corrected chi connectivity index (χ4v) is 4.17. The Morgan fingerprint density at radius 1 is 1.16 bits per heavy atom. The molecule has 2 atom stereocenters. The van der Waals surface area contributed by atoms with Crippen LogP contribution >= 0.6 is 0 Å². The van der Waals surface area contributed by atoms with Crippen LogP contribution in [0.15, 0.2) is 37.1 Å². The molecular formula is C20H23N3O2. The van der Waals surface area contributed by atoms with Crippen molar-refractivity contribution >= 4 is 17.5 Å². The van der Waals surface area contributed by atoms with Crippen LogP contribution in [-0.2, 0) is 16.1 Å². The monoisotopic (exact) mass is 337 g/mol. The van der Waals surface area contributed by atoms with Gasteiger partial charge in [-0.2, -0.15) is 0 Å². The van der Waals surface area contributed by atoms with Gasteiger partial charge in [-0.1, -0.05) is 31.4 Å². The molecule has 2 fully saturated rings. The minimum atomic E-state index is -0.306. The van der Waals surface area contributed by atoms with Crippen molar-refractivity contribution in [3.63, 3.8) is 0 Å². The predicted octanol–water partition coefficient (Wildman–Crippen LogP) is 2.26. The average Bonchev–Trinajstić information content (AvgIpc) is 2.91. The first-order valence-electron chi connectivity index (χ1n) is 8.87. The molecule has 1 aromatic rings. The molecule has 2 N–H and O–H groups in total. The van der Waals surface area contributed by atoms with Crippen LogP contribution in [0.4, 0.5) is 0 Å². The van der Waals surface area contributed by atoms with E-state index in [-0.39, 0.29) is 17.9 Å². The van der Waals surface area contributed by atoms with Gasteiger partial charge in [0, 0.05) is 36.5 Å². The van der Waals surface area contributed by atoms with Gasteiger partial charge < -0.3 is 10.2 Å². The van der Waals surface area contributed by atoms with Gasteiger partial charge in [0.1, 0.15) is 6.04 Å². The molecule has 0 aromatic heterocycles. The zero-order valence-electron chi connectivity index (χ0n) is 14.3. The third kappa shape index (κ3) is 2.84. The molecule has 0 spiro atoms. The van der Waals surface area contributed by atoms with Crippen LogP contribution in [0.25, 0.3) is 5.70 Å². The van der Waals surface area contributed by atoms with Crippen molar-refractivity contribution < 1.29 is 9.59 Å². The van der Waals surface area contributed by atoms with Gasteiger partial charge in [-0.05, 0) is 36.3 Å². The number of amides is 2. The summed E-state index contributed by atoms with van der Waals surface area (Å²) in [6.07, 6.45) is 3.02. The second-order valence-corrected chi connectivity index (χ2v) is 7.18. The Bertz CT molecular complexity index is 783. The molecule has 0 bridgehead atoms. The Hall–Kier alpha value is -2.56. The normalized spacial score (nSPS) is 26.3. The summed E-state index contributed by atoms with van der Waals surface area (Å²) in [5.41, 5.74) is 5.65. The molecule has 25 heavy (non-hydrogen) atoms. The molecule has 3 aliphatic rings. The number of imide groups is 1. The quantitative estimate of drug-likeness (QED) is 0.813. The highest BCUT2D eigenvalue weighted by molar-refractivity contribution is 6.01. The van der Waals surface area contributed by atoms with E-state index in [1.54, 1.807) is 0 Å². The number of nitrogens with zero attached hydrogens (tertiary/aromatic N) is 1. The molecule has 1 aromatic carbocycles. The molecule has 5 heteroatoms. The van der Waals surface area contributed by atoms with E-state index in [4.69, 9.17) is 0 Å². The lowest BCUT2D eigenvalue weighted by molar-refractivity contribution is -0.136. The Balaban J connectivity index is 1.56. The Labute approximate surface area is 147 Å². The summed E-state index contributed by atoms with van der Waals surface area (Å²) < 4.78 is 0. The number of piperidine rings is 2. The van der Waals surface area contributed by atoms with Crippen LogP contribution in [0, 0.1) is 0 Å². The number of rotatable bonds is 2. The lowest BCUT2D eigenvalue weighted by Gasteiger charge is -2.31. The first-order chi connectivity index (χ1) is 12.0. The summed E-state index contributed by atoms with van der Waals surface area (Å²) in [5, 5.41) is 5.76. The maximum Gasteiger partial charge on any atom is 0.249 e. The first kappa shape index (κ1) is 15.9. The van der Waals surface area contributed by atoms with Crippen molar-refractivity contribution in [3.8, 4) is 0 Å². The van der Waals surface area contributed by atoms with Crippen molar-refractivity contribution in [1.82, 2.24) is 15.5 Å². The number of benzene rings is 1. The number of carbonyl (C=O) groups is 2. The number of allylic oxidation sites excluding steroid dienone is 1. The van der Waals surface area contributed by atoms with E-state index >= 15 is 0 Å². The molecule has 5 nitrogen and oxygen atoms in total. The van der Waals surface area contributed by atoms with Gasteiger partial charge in [-0.3, -0.25) is 14.9 Å². The van der Waals surface area contributed by atoms with Crippen LogP contribution in [0.2, 0.25) is 0 Å². The third-order valence-electron chi connectivity index (χ3n) is 5.55. The van der Waals surface area contributed by atoms with Crippen molar-refractivity contribution in [2.75, 3.05) is 6.54 Å². The molecule has 4 rings (SSSR count). The molecule has 130 valence electrons. The van der Waals surface area contributed by atoms with Gasteiger partial charge in [0.2, 0.25) is 11.8 Å². The molecular weight excluding hydrogens is 314 g/mol. The molecule has 3 aliphatic heterocycles. The predicted molar refractivity (Wildman–Crippen MR) is 96.3 cm³/mol. The smallest absolute Gasteiger partial charge is 0.249 e. The van der Waals surface area contributed by atoms with E-state index in [0.717, 1.165) is 36.3 Å². The topological polar surface area (TPSA) is 61.4 Å². The van der Waals surface area contributed by atoms with Crippen LogP contribution in [-0.4, -0.2) is 29.3 Å². The van der Waals surface area contributed by atoms with Crippen molar-refractivity contribution in [2.45, 2.75) is 44.2 Å². The molecule has 2 amide bonds. The highest BCUT2D eigenvalue weighted by Gasteiger charge is 2.36. The van der Waals surface area contributed by atoms with Gasteiger partial charge in [0.15, 0.2) is 0 Å². The number of nitrogens with one attached hydrogen (secondary N) is 2. The minimum Gasteiger partial charge on any atom is -0.389 e. The maximum absolute atomic E-state index is 12.2. The van der Waals surface area contributed by atoms with Crippen molar-refractivity contribution in [2.24, 2.45) is 0 Å². The Morgan fingerprint density at radius 2 is 2.00 bits per heavy atom. The third-order valence-corrected chi connectivity index (χ3v) is 5.55. The summed E-state index contributed by atoms with van der Waals surface area (Å²) in [6, 6.07) is 6.26. The van der Waals surface area contributed by atoms with E-state index in [9.17, 15) is 9.59 Å². The van der Waals surface area contributed by atoms with Crippen molar-refractivity contribution in [3.05, 3.63) is 53.7 Å². The number of fused-ring (bicyclic) bond motifs is 1. The molecule has 3 heterocycles. The molecule has 0 radical (unpaired) electrons. The summed E-state index contributed by atoms with van der Waals surface area (Å²) in [5.74, 6) is 0.106. The number of hydrogen-bond acceptors (Lipinski definition) is 4. The van der Waals surface area contributed by atoms with E-state index in [2.05, 4.69) is 42.0 Å². The molecule has 2 unspecified atom stereocenters. The van der Waals surface area contributed by atoms with Gasteiger partial charge in [-0.15, -0.1) is 0 Å². The first-order valence-corrected chi connectivity index (χ1v) is 8.87. The highest BCUT2D eigenvalue weighted by Crippen LogP contribution is 2.38. The second-order valence-electron chi connectivity index (χ2n) is 7.18. The summed E-state index contributed by atoms with van der Waals surface area (Å²) in [7, 11) is 0. The van der Waals surface area contributed by atoms with Gasteiger partial charge >= 0.3 is 0 Å². The van der Waals surface area contributed by atoms with Gasteiger partial charge in [0.25, 0.3) is 0 Å². The van der Waals surface area contributed by atoms with Gasteiger partial charge in [0.05, 0.1) is 0 Å². The van der Waals surface area contributed by atoms with E-state index < -0.39 is 0 Å². The lowest BCUT2D eigenvalue weighted by Crippen LogP contribution is -2.50. The largest absolute Gasteiger partial charge is 0.389 e. The number of hydrogen-bond donors (Lipinski definition) is 2. The zero-order chi connectivity index (χ0) is 17.6. The standard InChI is InChI=1S/C20H23N3O2/c1-12-9-15(7-8-21-12)14-3-4-17-13(2)23(11-16(17)10-14)18-5-6-19(24)22-20(18)25/h3-4,10,15,18,21H,1-2,5-9,11H2,(H,22,24,25). The van der Waals surface area contributed by atoms with Crippen LogP contribution in [0.1, 0.15) is 48.3 Å². The van der Waals surface area contributed by atoms with Gasteiger partial charge in [-0.25, -0.2) is 0 Å². The molecule has 0 aliphatic carbocycles. The molecule has 0 saturated carbocycles. The maximum atomic E-state index is 12.2. The minimum absolute atomic E-state index is 0.183. The summed E-state index contributed by atoms with van der Waals surface area (Å²) >= 11 is 0. The van der Waals surface area contributed by atoms with E-state index in [1.165, 1.54) is 11.1 Å². The lowest BCUT2D eigenvalue weighted by atomic mass is 9.87. The fraction of sp³-hybridized carbons (Fsp3) is 0.400. The summed E-state index contributed by atoms with van der Waals surface area (Å²) in [4.78, 5) is 25.6. The van der Waals surface area contributed by atoms with Crippen LogP contribution in [0.5, 0.6) is 0 Å².